The highest BCUT2D eigenvalue weighted by Gasteiger charge is 2.18. The Labute approximate surface area is 204 Å². The number of rotatable bonds is 6. The fourth-order valence-electron chi connectivity index (χ4n) is 3.31. The third-order valence-electron chi connectivity index (χ3n) is 4.93. The average Bonchev–Trinajstić information content (AvgIpc) is 3.40. The summed E-state index contributed by atoms with van der Waals surface area (Å²) in [5.41, 5.74) is 2.03. The predicted octanol–water partition coefficient (Wildman–Crippen LogP) is 4.11. The third kappa shape index (κ3) is 5.98. The van der Waals surface area contributed by atoms with E-state index in [1.807, 2.05) is 0 Å². The normalized spacial score (nSPS) is 10.1. The number of benzene rings is 3. The van der Waals surface area contributed by atoms with Gasteiger partial charge in [-0.1, -0.05) is 29.2 Å². The first-order valence-corrected chi connectivity index (χ1v) is 10.6. The first-order valence-electron chi connectivity index (χ1n) is 10.6. The van der Waals surface area contributed by atoms with Crippen molar-refractivity contribution in [3.05, 3.63) is 102 Å². The highest BCUT2D eigenvalue weighted by Crippen LogP contribution is 2.24. The molecular formula is C26H18FN5O4. The molecule has 3 aromatic carbocycles. The largest absolute Gasteiger partial charge is 0.465 e. The topological polar surface area (TPSA) is 126 Å². The number of hydrogen-bond donors (Lipinski definition) is 3. The van der Waals surface area contributed by atoms with Crippen LogP contribution in [0, 0.1) is 17.7 Å². The SMILES string of the molecule is O=C(O)Nc1ccc(C#Cc2ccc(F)cc2)cc1NC(=O)CC(=O)c1ccccc1-n1ccnn1. The van der Waals surface area contributed by atoms with Gasteiger partial charge in [-0.3, -0.25) is 14.9 Å². The number of nitrogens with one attached hydrogen (secondary N) is 2. The lowest BCUT2D eigenvalue weighted by Crippen LogP contribution is -2.19. The van der Waals surface area contributed by atoms with E-state index < -0.39 is 24.2 Å². The lowest BCUT2D eigenvalue weighted by atomic mass is 10.1. The van der Waals surface area contributed by atoms with Gasteiger partial charge in [0.15, 0.2) is 5.78 Å². The van der Waals surface area contributed by atoms with Crippen LogP contribution in [0.3, 0.4) is 0 Å². The fraction of sp³-hybridized carbons (Fsp3) is 0.0385. The number of hydrogen-bond acceptors (Lipinski definition) is 5. The third-order valence-corrected chi connectivity index (χ3v) is 4.93. The molecule has 2 amide bonds. The molecule has 9 nitrogen and oxygen atoms in total. The predicted molar refractivity (Wildman–Crippen MR) is 129 cm³/mol. The van der Waals surface area contributed by atoms with Crippen molar-refractivity contribution < 1.29 is 23.9 Å². The maximum atomic E-state index is 13.1. The van der Waals surface area contributed by atoms with E-state index >= 15 is 0 Å². The van der Waals surface area contributed by atoms with Crippen molar-refractivity contribution in [2.75, 3.05) is 10.6 Å². The summed E-state index contributed by atoms with van der Waals surface area (Å²) in [6.45, 7) is 0. The lowest BCUT2D eigenvalue weighted by Gasteiger charge is -2.12. The van der Waals surface area contributed by atoms with Crippen LogP contribution in [0.2, 0.25) is 0 Å². The number of para-hydroxylation sites is 1. The van der Waals surface area contributed by atoms with Gasteiger partial charge in [0, 0.05) is 16.7 Å². The van der Waals surface area contributed by atoms with Gasteiger partial charge >= 0.3 is 6.09 Å². The second-order valence-electron chi connectivity index (χ2n) is 7.46. The van der Waals surface area contributed by atoms with Gasteiger partial charge in [0.1, 0.15) is 5.82 Å². The van der Waals surface area contributed by atoms with E-state index in [0.29, 0.717) is 16.8 Å². The number of nitrogens with zero attached hydrogens (tertiary/aromatic N) is 3. The molecule has 0 aliphatic rings. The Morgan fingerprint density at radius 3 is 2.36 bits per heavy atom. The molecule has 0 saturated carbocycles. The minimum absolute atomic E-state index is 0.110. The van der Waals surface area contributed by atoms with Crippen molar-refractivity contribution in [3.8, 4) is 17.5 Å². The quantitative estimate of drug-likeness (QED) is 0.215. The summed E-state index contributed by atoms with van der Waals surface area (Å²) >= 11 is 0. The van der Waals surface area contributed by atoms with E-state index in [9.17, 15) is 18.8 Å². The summed E-state index contributed by atoms with van der Waals surface area (Å²) in [6.07, 6.45) is 1.23. The summed E-state index contributed by atoms with van der Waals surface area (Å²) in [7, 11) is 0. The maximum absolute atomic E-state index is 13.1. The molecule has 0 unspecified atom stereocenters. The Kier molecular flexibility index (Phi) is 7.12. The molecule has 0 bridgehead atoms. The van der Waals surface area contributed by atoms with Gasteiger partial charge in [-0.05, 0) is 54.6 Å². The van der Waals surface area contributed by atoms with E-state index in [2.05, 4.69) is 32.8 Å². The van der Waals surface area contributed by atoms with Gasteiger partial charge in [-0.25, -0.2) is 13.9 Å². The summed E-state index contributed by atoms with van der Waals surface area (Å²) in [5.74, 6) is 4.26. The number of Topliss-reactive ketones (excluding diaryl/α,β-unsaturated/α-hetero) is 1. The van der Waals surface area contributed by atoms with E-state index in [0.717, 1.165) is 0 Å². The van der Waals surface area contributed by atoms with Gasteiger partial charge in [0.2, 0.25) is 5.91 Å². The number of aromatic nitrogens is 3. The fourth-order valence-corrected chi connectivity index (χ4v) is 3.31. The minimum Gasteiger partial charge on any atom is -0.465 e. The molecule has 0 fully saturated rings. The van der Waals surface area contributed by atoms with Crippen molar-refractivity contribution in [3.63, 3.8) is 0 Å². The van der Waals surface area contributed by atoms with E-state index in [4.69, 9.17) is 5.11 Å². The molecule has 36 heavy (non-hydrogen) atoms. The Balaban J connectivity index is 1.54. The molecule has 0 saturated heterocycles. The monoisotopic (exact) mass is 483 g/mol. The minimum atomic E-state index is -1.33. The first-order chi connectivity index (χ1) is 17.4. The van der Waals surface area contributed by atoms with Crippen LogP contribution >= 0.6 is 0 Å². The summed E-state index contributed by atoms with van der Waals surface area (Å²) in [5, 5.41) is 21.5. The van der Waals surface area contributed by atoms with Crippen LogP contribution in [-0.2, 0) is 4.79 Å². The molecule has 4 rings (SSSR count). The zero-order valence-electron chi connectivity index (χ0n) is 18.6. The highest BCUT2D eigenvalue weighted by atomic mass is 19.1. The first kappa shape index (κ1) is 23.8. The van der Waals surface area contributed by atoms with Gasteiger partial charge in [-0.2, -0.15) is 0 Å². The molecule has 10 heteroatoms. The Hall–Kier alpha value is -5.30. The van der Waals surface area contributed by atoms with Crippen LogP contribution < -0.4 is 10.6 Å². The van der Waals surface area contributed by atoms with Crippen LogP contribution in [0.15, 0.2) is 79.1 Å². The summed E-state index contributed by atoms with van der Waals surface area (Å²) in [6, 6.07) is 16.8. The van der Waals surface area contributed by atoms with Crippen molar-refractivity contribution >= 4 is 29.2 Å². The number of ketones is 1. The van der Waals surface area contributed by atoms with Crippen LogP contribution in [0.25, 0.3) is 5.69 Å². The maximum Gasteiger partial charge on any atom is 0.409 e. The van der Waals surface area contributed by atoms with Crippen molar-refractivity contribution in [2.24, 2.45) is 0 Å². The van der Waals surface area contributed by atoms with Crippen molar-refractivity contribution in [1.82, 2.24) is 15.0 Å². The summed E-state index contributed by atoms with van der Waals surface area (Å²) in [4.78, 5) is 36.8. The van der Waals surface area contributed by atoms with Crippen LogP contribution in [0.4, 0.5) is 20.6 Å². The van der Waals surface area contributed by atoms with Crippen LogP contribution in [0.5, 0.6) is 0 Å². The van der Waals surface area contributed by atoms with Gasteiger partial charge in [0.05, 0.1) is 35.9 Å². The summed E-state index contributed by atoms with van der Waals surface area (Å²) < 4.78 is 14.5. The number of amides is 2. The van der Waals surface area contributed by atoms with E-state index in [1.54, 1.807) is 36.5 Å². The molecule has 3 N–H and O–H groups in total. The number of carbonyl (C=O) groups excluding carboxylic acids is 2. The molecule has 0 spiro atoms. The zero-order chi connectivity index (χ0) is 25.5. The second kappa shape index (κ2) is 10.8. The molecule has 0 aliphatic heterocycles. The van der Waals surface area contributed by atoms with E-state index in [-0.39, 0.29) is 22.8 Å². The van der Waals surface area contributed by atoms with Gasteiger partial charge < -0.3 is 10.4 Å². The molecule has 1 heterocycles. The highest BCUT2D eigenvalue weighted by molar-refractivity contribution is 6.13. The average molecular weight is 483 g/mol. The smallest absolute Gasteiger partial charge is 0.409 e. The second-order valence-corrected chi connectivity index (χ2v) is 7.46. The Bertz CT molecular complexity index is 1490. The zero-order valence-corrected chi connectivity index (χ0v) is 18.6. The van der Waals surface area contributed by atoms with Crippen LogP contribution in [-0.4, -0.2) is 37.9 Å². The molecule has 0 radical (unpaired) electrons. The van der Waals surface area contributed by atoms with Crippen molar-refractivity contribution in [2.45, 2.75) is 6.42 Å². The van der Waals surface area contributed by atoms with Gasteiger partial charge in [-0.15, -0.1) is 5.10 Å². The Morgan fingerprint density at radius 1 is 0.917 bits per heavy atom. The van der Waals surface area contributed by atoms with E-state index in [1.165, 1.54) is 47.3 Å². The number of anilines is 2. The molecule has 0 atom stereocenters. The molecule has 0 aliphatic carbocycles. The van der Waals surface area contributed by atoms with Crippen LogP contribution in [0.1, 0.15) is 27.9 Å². The Morgan fingerprint density at radius 2 is 1.64 bits per heavy atom. The molecule has 178 valence electrons. The number of halogens is 1. The molecule has 4 aromatic rings. The molecule has 1 aromatic heterocycles. The molecular weight excluding hydrogens is 465 g/mol. The van der Waals surface area contributed by atoms with Gasteiger partial charge in [0.25, 0.3) is 0 Å². The standard InChI is InChI=1S/C26H18FN5O4/c27-19-10-7-17(8-11-19)5-6-18-9-12-21(30-26(35)36)22(15-18)29-25(34)16-24(33)20-3-1-2-4-23(20)32-14-13-28-31-32/h1-4,7-15,30H,16H2,(H,29,34)(H,35,36). The number of carbonyl (C=O) groups is 3. The van der Waals surface area contributed by atoms with Crippen molar-refractivity contribution in [1.29, 1.82) is 0 Å². The number of carboxylic acid groups (broad SMARTS) is 1. The lowest BCUT2D eigenvalue weighted by molar-refractivity contribution is -0.115.